The van der Waals surface area contributed by atoms with Gasteiger partial charge in [-0.15, -0.1) is 0 Å². The Balaban J connectivity index is 1.44. The zero-order valence-electron chi connectivity index (χ0n) is 14.6. The molecule has 2 aromatic carbocycles. The molecule has 0 bridgehead atoms. The van der Waals surface area contributed by atoms with Crippen LogP contribution in [-0.2, 0) is 11.4 Å². The van der Waals surface area contributed by atoms with Gasteiger partial charge in [0.25, 0.3) is 0 Å². The Morgan fingerprint density at radius 1 is 1.04 bits per heavy atom. The van der Waals surface area contributed by atoms with Gasteiger partial charge < -0.3 is 14.5 Å². The second kappa shape index (κ2) is 8.87. The average molecular weight is 350 g/mol. The van der Waals surface area contributed by atoms with Crippen molar-refractivity contribution in [3.05, 3.63) is 84.3 Å². The molecule has 5 nitrogen and oxygen atoms in total. The third-order valence-corrected chi connectivity index (χ3v) is 3.93. The predicted molar refractivity (Wildman–Crippen MR) is 101 cm³/mol. The number of furan rings is 1. The van der Waals surface area contributed by atoms with Crippen molar-refractivity contribution in [2.45, 2.75) is 19.6 Å². The molecule has 3 rings (SSSR count). The molecule has 0 saturated carbocycles. The minimum atomic E-state index is -0.110. The minimum absolute atomic E-state index is 0.0236. The van der Waals surface area contributed by atoms with Gasteiger partial charge >= 0.3 is 0 Å². The monoisotopic (exact) mass is 350 g/mol. The average Bonchev–Trinajstić information content (AvgIpc) is 3.21. The van der Waals surface area contributed by atoms with Crippen LogP contribution in [0.2, 0.25) is 0 Å². The number of anilines is 1. The smallest absolute Gasteiger partial charge is 0.238 e. The van der Waals surface area contributed by atoms with Gasteiger partial charge in [-0.25, -0.2) is 0 Å². The lowest BCUT2D eigenvalue weighted by atomic mass is 10.2. The maximum atomic E-state index is 12.0. The number of hydrogen-bond acceptors (Lipinski definition) is 4. The first-order chi connectivity index (χ1) is 12.7. The van der Waals surface area contributed by atoms with E-state index in [1.54, 1.807) is 6.26 Å². The SMILES string of the molecule is C[C@@H](NCC(=O)Nc1ccc(OCc2ccccc2)cc1)c1ccco1. The quantitative estimate of drug-likeness (QED) is 0.641. The Labute approximate surface area is 153 Å². The van der Waals surface area contributed by atoms with Crippen LogP contribution < -0.4 is 15.4 Å². The zero-order valence-corrected chi connectivity index (χ0v) is 14.6. The predicted octanol–water partition coefficient (Wildman–Crippen LogP) is 4.15. The second-order valence-electron chi connectivity index (χ2n) is 5.96. The number of carbonyl (C=O) groups is 1. The molecule has 0 radical (unpaired) electrons. The lowest BCUT2D eigenvalue weighted by molar-refractivity contribution is -0.115. The fourth-order valence-corrected chi connectivity index (χ4v) is 2.46. The lowest BCUT2D eigenvalue weighted by Crippen LogP contribution is -2.29. The number of benzene rings is 2. The van der Waals surface area contributed by atoms with Crippen molar-refractivity contribution in [2.75, 3.05) is 11.9 Å². The van der Waals surface area contributed by atoms with Crippen LogP contribution in [0.3, 0.4) is 0 Å². The number of carbonyl (C=O) groups excluding carboxylic acids is 1. The van der Waals surface area contributed by atoms with Gasteiger partial charge in [0.2, 0.25) is 5.91 Å². The first-order valence-corrected chi connectivity index (χ1v) is 8.54. The summed E-state index contributed by atoms with van der Waals surface area (Å²) in [5.41, 5.74) is 1.84. The molecule has 0 aliphatic heterocycles. The maximum absolute atomic E-state index is 12.0. The summed E-state index contributed by atoms with van der Waals surface area (Å²) >= 11 is 0. The topological polar surface area (TPSA) is 63.5 Å². The lowest BCUT2D eigenvalue weighted by Gasteiger charge is -2.12. The van der Waals surface area contributed by atoms with Crippen molar-refractivity contribution >= 4 is 11.6 Å². The molecule has 1 atom stereocenters. The maximum Gasteiger partial charge on any atom is 0.238 e. The third kappa shape index (κ3) is 5.22. The van der Waals surface area contributed by atoms with Gasteiger partial charge in [-0.05, 0) is 48.9 Å². The van der Waals surface area contributed by atoms with Gasteiger partial charge in [-0.1, -0.05) is 30.3 Å². The van der Waals surface area contributed by atoms with Crippen molar-refractivity contribution in [1.29, 1.82) is 0 Å². The van der Waals surface area contributed by atoms with Crippen LogP contribution >= 0.6 is 0 Å². The standard InChI is InChI=1S/C21H22N2O3/c1-16(20-8-5-13-25-20)22-14-21(24)23-18-9-11-19(12-10-18)26-15-17-6-3-2-4-7-17/h2-13,16,22H,14-15H2,1H3,(H,23,24)/t16-/m1/s1. The van der Waals surface area contributed by atoms with Crippen molar-refractivity contribution < 1.29 is 13.9 Å². The molecule has 2 N–H and O–H groups in total. The third-order valence-electron chi connectivity index (χ3n) is 3.93. The molecule has 1 amide bonds. The van der Waals surface area contributed by atoms with E-state index in [-0.39, 0.29) is 18.5 Å². The summed E-state index contributed by atoms with van der Waals surface area (Å²) in [5, 5.41) is 5.98. The van der Waals surface area contributed by atoms with Crippen molar-refractivity contribution in [3.63, 3.8) is 0 Å². The van der Waals surface area contributed by atoms with E-state index >= 15 is 0 Å². The van der Waals surface area contributed by atoms with E-state index in [2.05, 4.69) is 10.6 Å². The summed E-state index contributed by atoms with van der Waals surface area (Å²) in [5.74, 6) is 1.45. The number of amides is 1. The van der Waals surface area contributed by atoms with Crippen molar-refractivity contribution in [2.24, 2.45) is 0 Å². The van der Waals surface area contributed by atoms with E-state index in [4.69, 9.17) is 9.15 Å². The van der Waals surface area contributed by atoms with Crippen LogP contribution in [0.5, 0.6) is 5.75 Å². The van der Waals surface area contributed by atoms with Crippen LogP contribution in [-0.4, -0.2) is 12.5 Å². The van der Waals surface area contributed by atoms with Gasteiger partial charge in [-0.3, -0.25) is 10.1 Å². The van der Waals surface area contributed by atoms with E-state index in [1.807, 2.05) is 73.7 Å². The highest BCUT2D eigenvalue weighted by Gasteiger charge is 2.10. The van der Waals surface area contributed by atoms with E-state index in [1.165, 1.54) is 0 Å². The molecule has 0 aliphatic carbocycles. The van der Waals surface area contributed by atoms with Gasteiger partial charge in [0.05, 0.1) is 18.8 Å². The molecule has 0 spiro atoms. The van der Waals surface area contributed by atoms with Gasteiger partial charge in [0.1, 0.15) is 18.1 Å². The highest BCUT2D eigenvalue weighted by molar-refractivity contribution is 5.92. The first-order valence-electron chi connectivity index (χ1n) is 8.54. The molecular weight excluding hydrogens is 328 g/mol. The minimum Gasteiger partial charge on any atom is -0.489 e. The van der Waals surface area contributed by atoms with Gasteiger partial charge in [0.15, 0.2) is 0 Å². The molecule has 5 heteroatoms. The Hall–Kier alpha value is -3.05. The van der Waals surface area contributed by atoms with E-state index in [0.29, 0.717) is 6.61 Å². The molecule has 1 aromatic heterocycles. The summed E-state index contributed by atoms with van der Waals surface area (Å²) in [6, 6.07) is 21.0. The Bertz CT molecular complexity index is 799. The van der Waals surface area contributed by atoms with E-state index < -0.39 is 0 Å². The molecule has 0 fully saturated rings. The van der Waals surface area contributed by atoms with Crippen LogP contribution in [0.15, 0.2) is 77.4 Å². The van der Waals surface area contributed by atoms with Crippen LogP contribution in [0.4, 0.5) is 5.69 Å². The van der Waals surface area contributed by atoms with Crippen molar-refractivity contribution in [1.82, 2.24) is 5.32 Å². The molecule has 1 heterocycles. The Morgan fingerprint density at radius 2 is 1.81 bits per heavy atom. The van der Waals surface area contributed by atoms with E-state index in [9.17, 15) is 4.79 Å². The summed E-state index contributed by atoms with van der Waals surface area (Å²) < 4.78 is 11.0. The molecule has 0 aliphatic rings. The molecule has 0 unspecified atom stereocenters. The summed E-state index contributed by atoms with van der Waals surface area (Å²) in [6.45, 7) is 2.67. The number of ether oxygens (including phenoxy) is 1. The molecular formula is C21H22N2O3. The molecule has 3 aromatic rings. The fraction of sp³-hybridized carbons (Fsp3) is 0.190. The van der Waals surface area contributed by atoms with Crippen LogP contribution in [0, 0.1) is 0 Å². The van der Waals surface area contributed by atoms with Crippen LogP contribution in [0.1, 0.15) is 24.3 Å². The van der Waals surface area contributed by atoms with Crippen molar-refractivity contribution in [3.8, 4) is 5.75 Å². The molecule has 134 valence electrons. The molecule has 0 saturated heterocycles. The van der Waals surface area contributed by atoms with Gasteiger partial charge in [0, 0.05) is 5.69 Å². The normalized spacial score (nSPS) is 11.7. The second-order valence-corrected chi connectivity index (χ2v) is 5.96. The summed E-state index contributed by atoms with van der Waals surface area (Å²) in [6.07, 6.45) is 1.62. The number of hydrogen-bond donors (Lipinski definition) is 2. The first kappa shape index (κ1) is 17.8. The Morgan fingerprint density at radius 3 is 2.50 bits per heavy atom. The summed E-state index contributed by atoms with van der Waals surface area (Å²) in [4.78, 5) is 12.0. The molecule has 26 heavy (non-hydrogen) atoms. The number of nitrogens with one attached hydrogen (secondary N) is 2. The Kier molecular flexibility index (Phi) is 6.06. The number of rotatable bonds is 8. The summed E-state index contributed by atoms with van der Waals surface area (Å²) in [7, 11) is 0. The van der Waals surface area contributed by atoms with Gasteiger partial charge in [-0.2, -0.15) is 0 Å². The largest absolute Gasteiger partial charge is 0.489 e. The van der Waals surface area contributed by atoms with Crippen LogP contribution in [0.25, 0.3) is 0 Å². The van der Waals surface area contributed by atoms with E-state index in [0.717, 1.165) is 22.8 Å². The highest BCUT2D eigenvalue weighted by atomic mass is 16.5. The highest BCUT2D eigenvalue weighted by Crippen LogP contribution is 2.17. The fourth-order valence-electron chi connectivity index (χ4n) is 2.46. The zero-order chi connectivity index (χ0) is 18.2.